The average Bonchev–Trinajstić information content (AvgIpc) is 2.08. The molecule has 0 aromatic heterocycles. The Bertz CT molecular complexity index is 274. The van der Waals surface area contributed by atoms with Crippen LogP contribution in [0.3, 0.4) is 0 Å². The molecule has 0 aliphatic carbocycles. The molecule has 1 aliphatic rings. The van der Waals surface area contributed by atoms with Crippen LogP contribution >= 0.6 is 11.6 Å². The molecule has 1 rings (SSSR count). The molecule has 1 N–H and O–H groups in total. The first-order valence-electron chi connectivity index (χ1n) is 4.09. The van der Waals surface area contributed by atoms with Gasteiger partial charge in [0.2, 0.25) is 5.91 Å². The van der Waals surface area contributed by atoms with Crippen LogP contribution in [0.5, 0.6) is 0 Å². The van der Waals surface area contributed by atoms with Gasteiger partial charge in [0.05, 0.1) is 11.5 Å². The Morgan fingerprint density at radius 1 is 1.38 bits per heavy atom. The Labute approximate surface area is 82.6 Å². The molecule has 1 amide bonds. The van der Waals surface area contributed by atoms with E-state index in [1.807, 2.05) is 0 Å². The zero-order valence-electron chi connectivity index (χ0n) is 7.12. The van der Waals surface area contributed by atoms with Gasteiger partial charge in [0.25, 0.3) is 0 Å². The number of sulfone groups is 1. The van der Waals surface area contributed by atoms with Crippen molar-refractivity contribution in [2.75, 3.05) is 17.4 Å². The lowest BCUT2D eigenvalue weighted by atomic mass is 10.1. The molecule has 6 heteroatoms. The average molecular weight is 226 g/mol. The number of halogens is 1. The fourth-order valence-electron chi connectivity index (χ4n) is 1.30. The highest BCUT2D eigenvalue weighted by molar-refractivity contribution is 7.91. The van der Waals surface area contributed by atoms with Gasteiger partial charge < -0.3 is 5.32 Å². The van der Waals surface area contributed by atoms with E-state index in [0.29, 0.717) is 12.8 Å². The number of hydrogen-bond acceptors (Lipinski definition) is 3. The van der Waals surface area contributed by atoms with Gasteiger partial charge in [-0.05, 0) is 12.8 Å². The molecule has 76 valence electrons. The quantitative estimate of drug-likeness (QED) is 0.669. The lowest BCUT2D eigenvalue weighted by Gasteiger charge is -2.22. The van der Waals surface area contributed by atoms with E-state index >= 15 is 0 Å². The maximum absolute atomic E-state index is 11.0. The number of alkyl halides is 1. The second-order valence-corrected chi connectivity index (χ2v) is 5.70. The number of carbonyl (C=O) groups excluding carboxylic acids is 1. The SMILES string of the molecule is O=C(CCl)NC1CCS(=O)(=O)CC1. The van der Waals surface area contributed by atoms with Gasteiger partial charge in [-0.3, -0.25) is 4.79 Å². The van der Waals surface area contributed by atoms with Crippen molar-refractivity contribution in [3.05, 3.63) is 0 Å². The highest BCUT2D eigenvalue weighted by Crippen LogP contribution is 2.11. The molecule has 0 spiro atoms. The van der Waals surface area contributed by atoms with E-state index in [9.17, 15) is 13.2 Å². The van der Waals surface area contributed by atoms with Gasteiger partial charge >= 0.3 is 0 Å². The van der Waals surface area contributed by atoms with Crippen LogP contribution in [-0.4, -0.2) is 37.8 Å². The van der Waals surface area contributed by atoms with E-state index in [-0.39, 0.29) is 29.3 Å². The number of amides is 1. The largest absolute Gasteiger partial charge is 0.352 e. The van der Waals surface area contributed by atoms with Crippen LogP contribution in [0, 0.1) is 0 Å². The number of nitrogens with one attached hydrogen (secondary N) is 1. The Balaban J connectivity index is 2.38. The summed E-state index contributed by atoms with van der Waals surface area (Å²) in [6, 6.07) is -0.0187. The van der Waals surface area contributed by atoms with Gasteiger partial charge in [-0.1, -0.05) is 0 Å². The molecular formula is C7H12ClNO3S. The van der Waals surface area contributed by atoms with Gasteiger partial charge in [0, 0.05) is 6.04 Å². The molecule has 1 saturated heterocycles. The second kappa shape index (κ2) is 4.28. The molecular weight excluding hydrogens is 214 g/mol. The molecule has 0 radical (unpaired) electrons. The third-order valence-electron chi connectivity index (χ3n) is 2.04. The van der Waals surface area contributed by atoms with Crippen molar-refractivity contribution in [3.8, 4) is 0 Å². The van der Waals surface area contributed by atoms with E-state index in [1.54, 1.807) is 0 Å². The molecule has 1 aliphatic heterocycles. The number of hydrogen-bond donors (Lipinski definition) is 1. The Morgan fingerprint density at radius 3 is 2.38 bits per heavy atom. The predicted octanol–water partition coefficient (Wildman–Crippen LogP) is -0.0814. The van der Waals surface area contributed by atoms with Crippen LogP contribution in [0.4, 0.5) is 0 Å². The zero-order chi connectivity index (χ0) is 9.90. The highest BCUT2D eigenvalue weighted by Gasteiger charge is 2.24. The fourth-order valence-corrected chi connectivity index (χ4v) is 2.87. The van der Waals surface area contributed by atoms with Crippen molar-refractivity contribution in [3.63, 3.8) is 0 Å². The first kappa shape index (κ1) is 10.8. The molecule has 0 unspecified atom stereocenters. The second-order valence-electron chi connectivity index (χ2n) is 3.13. The smallest absolute Gasteiger partial charge is 0.235 e. The number of rotatable bonds is 2. The van der Waals surface area contributed by atoms with E-state index < -0.39 is 9.84 Å². The molecule has 1 heterocycles. The van der Waals surface area contributed by atoms with Crippen molar-refractivity contribution in [1.29, 1.82) is 0 Å². The predicted molar refractivity (Wildman–Crippen MR) is 50.5 cm³/mol. The van der Waals surface area contributed by atoms with Gasteiger partial charge in [-0.15, -0.1) is 11.6 Å². The molecule has 0 aromatic rings. The normalized spacial score (nSPS) is 22.5. The lowest BCUT2D eigenvalue weighted by Crippen LogP contribution is -2.41. The summed E-state index contributed by atoms with van der Waals surface area (Å²) in [4.78, 5) is 10.8. The summed E-state index contributed by atoms with van der Waals surface area (Å²) < 4.78 is 22.0. The molecule has 0 aromatic carbocycles. The number of carbonyl (C=O) groups is 1. The molecule has 0 atom stereocenters. The van der Waals surface area contributed by atoms with Crippen molar-refractivity contribution in [1.82, 2.24) is 5.32 Å². The van der Waals surface area contributed by atoms with Crippen molar-refractivity contribution >= 4 is 27.3 Å². The summed E-state index contributed by atoms with van der Waals surface area (Å²) in [5.41, 5.74) is 0. The molecule has 1 fully saturated rings. The van der Waals surface area contributed by atoms with Gasteiger partial charge in [0.1, 0.15) is 15.7 Å². The molecule has 13 heavy (non-hydrogen) atoms. The minimum atomic E-state index is -2.84. The molecule has 0 bridgehead atoms. The third-order valence-corrected chi connectivity index (χ3v) is 4.00. The van der Waals surface area contributed by atoms with E-state index in [2.05, 4.69) is 5.32 Å². The van der Waals surface area contributed by atoms with E-state index in [0.717, 1.165) is 0 Å². The Morgan fingerprint density at radius 2 is 1.92 bits per heavy atom. The van der Waals surface area contributed by atoms with Crippen molar-refractivity contribution in [2.24, 2.45) is 0 Å². The summed E-state index contributed by atoms with van der Waals surface area (Å²) in [5.74, 6) is 0.0370. The van der Waals surface area contributed by atoms with Gasteiger partial charge in [-0.25, -0.2) is 8.42 Å². The van der Waals surface area contributed by atoms with Crippen LogP contribution in [0.1, 0.15) is 12.8 Å². The first-order chi connectivity index (χ1) is 6.03. The van der Waals surface area contributed by atoms with Crippen LogP contribution in [0.2, 0.25) is 0 Å². The van der Waals surface area contributed by atoms with Crippen LogP contribution in [0.25, 0.3) is 0 Å². The van der Waals surface area contributed by atoms with Crippen LogP contribution in [-0.2, 0) is 14.6 Å². The standard InChI is InChI=1S/C7H12ClNO3S/c8-5-7(10)9-6-1-3-13(11,12)4-2-6/h6H,1-5H2,(H,9,10). The third kappa shape index (κ3) is 3.52. The molecule has 0 saturated carbocycles. The Hall–Kier alpha value is -0.290. The Kier molecular flexibility index (Phi) is 3.55. The first-order valence-corrected chi connectivity index (χ1v) is 6.45. The van der Waals surface area contributed by atoms with Crippen LogP contribution < -0.4 is 5.32 Å². The summed E-state index contributed by atoms with van der Waals surface area (Å²) >= 11 is 5.30. The van der Waals surface area contributed by atoms with Crippen LogP contribution in [0.15, 0.2) is 0 Å². The summed E-state index contributed by atoms with van der Waals surface area (Å²) in [5, 5.41) is 2.67. The fraction of sp³-hybridized carbons (Fsp3) is 0.857. The zero-order valence-corrected chi connectivity index (χ0v) is 8.70. The lowest BCUT2D eigenvalue weighted by molar-refractivity contribution is -0.119. The van der Waals surface area contributed by atoms with E-state index in [1.165, 1.54) is 0 Å². The minimum absolute atomic E-state index is 0.0187. The summed E-state index contributed by atoms with van der Waals surface area (Å²) in [7, 11) is -2.84. The van der Waals surface area contributed by atoms with Crippen molar-refractivity contribution < 1.29 is 13.2 Å². The maximum atomic E-state index is 11.0. The van der Waals surface area contributed by atoms with Crippen molar-refractivity contribution in [2.45, 2.75) is 18.9 Å². The maximum Gasteiger partial charge on any atom is 0.235 e. The summed E-state index contributed by atoms with van der Waals surface area (Å²) in [6.45, 7) is 0. The summed E-state index contributed by atoms with van der Waals surface area (Å²) in [6.07, 6.45) is 1.01. The van der Waals surface area contributed by atoms with Gasteiger partial charge in [-0.2, -0.15) is 0 Å². The highest BCUT2D eigenvalue weighted by atomic mass is 35.5. The minimum Gasteiger partial charge on any atom is -0.352 e. The topological polar surface area (TPSA) is 63.2 Å². The van der Waals surface area contributed by atoms with E-state index in [4.69, 9.17) is 11.6 Å². The van der Waals surface area contributed by atoms with Gasteiger partial charge in [0.15, 0.2) is 0 Å². The monoisotopic (exact) mass is 225 g/mol. The molecule has 4 nitrogen and oxygen atoms in total.